The van der Waals surface area contributed by atoms with Crippen molar-refractivity contribution in [1.29, 1.82) is 0 Å². The summed E-state index contributed by atoms with van der Waals surface area (Å²) in [6.45, 7) is 2.31. The predicted octanol–water partition coefficient (Wildman–Crippen LogP) is 3.68. The van der Waals surface area contributed by atoms with Gasteiger partial charge in [0.25, 0.3) is 0 Å². The standard InChI is InChI=1S/C21H27N3O2/c1-26-19-12-10-17(11-13-19)20(25)16-22-21(24-14-6-3-7-15-24)23-18-8-4-2-5-9-18/h2,4-5,8-13,20,25H,3,6-7,14-16H2,1H3,(H,22,23). The Labute approximate surface area is 155 Å². The van der Waals surface area contributed by atoms with Gasteiger partial charge in [-0.15, -0.1) is 0 Å². The Kier molecular flexibility index (Phi) is 6.50. The van der Waals surface area contributed by atoms with Crippen molar-refractivity contribution in [3.63, 3.8) is 0 Å². The molecule has 1 aliphatic rings. The number of nitrogens with zero attached hydrogens (tertiary/aromatic N) is 2. The minimum absolute atomic E-state index is 0.317. The highest BCUT2D eigenvalue weighted by Gasteiger charge is 2.16. The molecule has 0 radical (unpaired) electrons. The number of guanidine groups is 1. The number of aliphatic hydroxyl groups is 1. The molecule has 138 valence electrons. The Morgan fingerprint density at radius 1 is 1.08 bits per heavy atom. The molecule has 0 aliphatic carbocycles. The fourth-order valence-corrected chi connectivity index (χ4v) is 3.08. The average molecular weight is 353 g/mol. The van der Waals surface area contributed by atoms with Gasteiger partial charge in [-0.3, -0.25) is 0 Å². The third-order valence-corrected chi connectivity index (χ3v) is 4.60. The molecule has 26 heavy (non-hydrogen) atoms. The second-order valence-corrected chi connectivity index (χ2v) is 6.49. The molecule has 1 heterocycles. The van der Waals surface area contributed by atoms with Crippen LogP contribution in [0.3, 0.4) is 0 Å². The lowest BCUT2D eigenvalue weighted by Gasteiger charge is -2.30. The molecule has 2 aromatic rings. The van der Waals surface area contributed by atoms with Crippen LogP contribution in [-0.4, -0.2) is 42.7 Å². The van der Waals surface area contributed by atoms with Gasteiger partial charge in [-0.25, -0.2) is 4.99 Å². The number of nitrogens with one attached hydrogen (secondary N) is 1. The number of hydrogen-bond acceptors (Lipinski definition) is 3. The van der Waals surface area contributed by atoms with Crippen molar-refractivity contribution in [2.75, 3.05) is 32.1 Å². The van der Waals surface area contributed by atoms with Gasteiger partial charge < -0.3 is 20.1 Å². The fraction of sp³-hybridized carbons (Fsp3) is 0.381. The lowest BCUT2D eigenvalue weighted by atomic mass is 10.1. The quantitative estimate of drug-likeness (QED) is 0.636. The van der Waals surface area contributed by atoms with Crippen LogP contribution in [0.15, 0.2) is 59.6 Å². The molecule has 2 aromatic carbocycles. The summed E-state index contributed by atoms with van der Waals surface area (Å²) in [6, 6.07) is 17.5. The molecule has 3 rings (SSSR count). The van der Waals surface area contributed by atoms with Gasteiger partial charge in [0.1, 0.15) is 5.75 Å². The van der Waals surface area contributed by atoms with Crippen LogP contribution in [0, 0.1) is 0 Å². The van der Waals surface area contributed by atoms with Crippen molar-refractivity contribution < 1.29 is 9.84 Å². The van der Waals surface area contributed by atoms with Crippen molar-refractivity contribution in [2.24, 2.45) is 4.99 Å². The number of aliphatic imine (C=N–C) groups is 1. The molecule has 0 saturated carbocycles. The van der Waals surface area contributed by atoms with Gasteiger partial charge in [0.2, 0.25) is 0 Å². The zero-order valence-corrected chi connectivity index (χ0v) is 15.3. The summed E-state index contributed by atoms with van der Waals surface area (Å²) >= 11 is 0. The number of aliphatic hydroxyl groups excluding tert-OH is 1. The largest absolute Gasteiger partial charge is 0.497 e. The monoisotopic (exact) mass is 353 g/mol. The van der Waals surface area contributed by atoms with Crippen molar-refractivity contribution in [1.82, 2.24) is 4.90 Å². The number of methoxy groups -OCH3 is 1. The highest BCUT2D eigenvalue weighted by atomic mass is 16.5. The first-order chi connectivity index (χ1) is 12.8. The summed E-state index contributed by atoms with van der Waals surface area (Å²) in [4.78, 5) is 6.99. The molecule has 0 aromatic heterocycles. The predicted molar refractivity (Wildman–Crippen MR) is 106 cm³/mol. The molecular formula is C21H27N3O2. The maximum Gasteiger partial charge on any atom is 0.198 e. The summed E-state index contributed by atoms with van der Waals surface area (Å²) in [5.41, 5.74) is 1.85. The Bertz CT molecular complexity index is 695. The van der Waals surface area contributed by atoms with E-state index in [1.807, 2.05) is 54.6 Å². The molecular weight excluding hydrogens is 326 g/mol. The van der Waals surface area contributed by atoms with Gasteiger partial charge in [-0.2, -0.15) is 0 Å². The number of piperidine rings is 1. The molecule has 0 bridgehead atoms. The molecule has 1 fully saturated rings. The van der Waals surface area contributed by atoms with Crippen LogP contribution in [0.5, 0.6) is 5.75 Å². The number of benzene rings is 2. The summed E-state index contributed by atoms with van der Waals surface area (Å²) in [7, 11) is 1.63. The molecule has 1 atom stereocenters. The van der Waals surface area contributed by atoms with E-state index in [-0.39, 0.29) is 0 Å². The van der Waals surface area contributed by atoms with Crippen LogP contribution < -0.4 is 10.1 Å². The lowest BCUT2D eigenvalue weighted by Crippen LogP contribution is -2.40. The van der Waals surface area contributed by atoms with Crippen LogP contribution in [0.25, 0.3) is 0 Å². The summed E-state index contributed by atoms with van der Waals surface area (Å²) in [5.74, 6) is 1.62. The SMILES string of the molecule is COc1ccc(C(O)CN=C(Nc2ccccc2)N2CCCCC2)cc1. The Morgan fingerprint density at radius 2 is 1.77 bits per heavy atom. The van der Waals surface area contributed by atoms with Crippen LogP contribution >= 0.6 is 0 Å². The van der Waals surface area contributed by atoms with E-state index in [4.69, 9.17) is 9.73 Å². The van der Waals surface area contributed by atoms with Crippen molar-refractivity contribution in [3.8, 4) is 5.75 Å². The summed E-state index contributed by atoms with van der Waals surface area (Å²) in [5, 5.41) is 13.9. The first-order valence-corrected chi connectivity index (χ1v) is 9.20. The highest BCUT2D eigenvalue weighted by Crippen LogP contribution is 2.19. The first-order valence-electron chi connectivity index (χ1n) is 9.20. The smallest absolute Gasteiger partial charge is 0.198 e. The van der Waals surface area contributed by atoms with Gasteiger partial charge in [0, 0.05) is 18.8 Å². The Hall–Kier alpha value is -2.53. The second-order valence-electron chi connectivity index (χ2n) is 6.49. The Morgan fingerprint density at radius 3 is 2.42 bits per heavy atom. The summed E-state index contributed by atoms with van der Waals surface area (Å²) in [6.07, 6.45) is 2.98. The third kappa shape index (κ3) is 4.99. The van der Waals surface area contributed by atoms with Crippen LogP contribution in [-0.2, 0) is 0 Å². The van der Waals surface area contributed by atoms with Crippen LogP contribution in [0.4, 0.5) is 5.69 Å². The molecule has 1 saturated heterocycles. The molecule has 5 nitrogen and oxygen atoms in total. The van der Waals surface area contributed by atoms with E-state index in [1.54, 1.807) is 7.11 Å². The van der Waals surface area contributed by atoms with E-state index >= 15 is 0 Å². The number of hydrogen-bond donors (Lipinski definition) is 2. The van der Waals surface area contributed by atoms with Gasteiger partial charge in [-0.1, -0.05) is 30.3 Å². The molecule has 1 aliphatic heterocycles. The third-order valence-electron chi connectivity index (χ3n) is 4.60. The van der Waals surface area contributed by atoms with Crippen LogP contribution in [0.1, 0.15) is 30.9 Å². The number of anilines is 1. The zero-order valence-electron chi connectivity index (χ0n) is 15.3. The van der Waals surface area contributed by atoms with Crippen LogP contribution in [0.2, 0.25) is 0 Å². The normalized spacial score (nSPS) is 16.2. The van der Waals surface area contributed by atoms with E-state index in [2.05, 4.69) is 10.2 Å². The second kappa shape index (κ2) is 9.25. The minimum atomic E-state index is -0.640. The molecule has 1 unspecified atom stereocenters. The van der Waals surface area contributed by atoms with E-state index in [0.29, 0.717) is 6.54 Å². The minimum Gasteiger partial charge on any atom is -0.497 e. The topological polar surface area (TPSA) is 57.1 Å². The lowest BCUT2D eigenvalue weighted by molar-refractivity contribution is 0.186. The van der Waals surface area contributed by atoms with E-state index < -0.39 is 6.10 Å². The van der Waals surface area contributed by atoms with Gasteiger partial charge in [0.15, 0.2) is 5.96 Å². The maximum atomic E-state index is 10.5. The maximum absolute atomic E-state index is 10.5. The first kappa shape index (κ1) is 18.3. The number of ether oxygens (including phenoxy) is 1. The van der Waals surface area contributed by atoms with E-state index in [9.17, 15) is 5.11 Å². The zero-order chi connectivity index (χ0) is 18.2. The summed E-state index contributed by atoms with van der Waals surface area (Å²) < 4.78 is 5.17. The number of rotatable bonds is 5. The average Bonchev–Trinajstić information content (AvgIpc) is 2.72. The van der Waals surface area contributed by atoms with Gasteiger partial charge in [-0.05, 0) is 49.1 Å². The van der Waals surface area contributed by atoms with Crippen molar-refractivity contribution in [2.45, 2.75) is 25.4 Å². The molecule has 0 amide bonds. The van der Waals surface area contributed by atoms with E-state index in [0.717, 1.165) is 36.0 Å². The highest BCUT2D eigenvalue weighted by molar-refractivity contribution is 5.93. The fourth-order valence-electron chi connectivity index (χ4n) is 3.08. The number of likely N-dealkylation sites (tertiary alicyclic amines) is 1. The van der Waals surface area contributed by atoms with Crippen molar-refractivity contribution >= 4 is 11.6 Å². The molecule has 2 N–H and O–H groups in total. The number of para-hydroxylation sites is 1. The molecule has 0 spiro atoms. The van der Waals surface area contributed by atoms with E-state index in [1.165, 1.54) is 19.3 Å². The van der Waals surface area contributed by atoms with Crippen molar-refractivity contribution in [3.05, 3.63) is 60.2 Å². The Balaban J connectivity index is 1.71. The van der Waals surface area contributed by atoms with Gasteiger partial charge >= 0.3 is 0 Å². The molecule has 5 heteroatoms. The van der Waals surface area contributed by atoms with Gasteiger partial charge in [0.05, 0.1) is 19.8 Å².